The summed E-state index contributed by atoms with van der Waals surface area (Å²) < 4.78 is 5.15. The van der Waals surface area contributed by atoms with Crippen molar-refractivity contribution in [3.05, 3.63) is 0 Å². The van der Waals surface area contributed by atoms with Crippen LogP contribution in [-0.4, -0.2) is 37.1 Å². The SMILES string of the molecule is CCC(C)C(=O)OCCN(CC)CC. The van der Waals surface area contributed by atoms with Crippen molar-refractivity contribution >= 4 is 5.97 Å². The second-order valence-corrected chi connectivity index (χ2v) is 3.50. The molecule has 0 aromatic heterocycles. The van der Waals surface area contributed by atoms with Crippen molar-refractivity contribution in [3.8, 4) is 0 Å². The first-order valence-corrected chi connectivity index (χ1v) is 5.54. The van der Waals surface area contributed by atoms with Crippen LogP contribution in [0.1, 0.15) is 34.1 Å². The number of carbonyl (C=O) groups is 1. The van der Waals surface area contributed by atoms with Gasteiger partial charge >= 0.3 is 5.97 Å². The largest absolute Gasteiger partial charge is 0.464 e. The molecule has 0 aromatic carbocycles. The van der Waals surface area contributed by atoms with Crippen molar-refractivity contribution in [1.82, 2.24) is 4.90 Å². The minimum Gasteiger partial charge on any atom is -0.464 e. The molecular weight excluding hydrogens is 178 g/mol. The van der Waals surface area contributed by atoms with E-state index in [1.54, 1.807) is 0 Å². The van der Waals surface area contributed by atoms with Crippen molar-refractivity contribution < 1.29 is 9.53 Å². The highest BCUT2D eigenvalue weighted by Crippen LogP contribution is 2.02. The third-order valence-corrected chi connectivity index (χ3v) is 2.56. The highest BCUT2D eigenvalue weighted by Gasteiger charge is 2.11. The van der Waals surface area contributed by atoms with Gasteiger partial charge in [0.15, 0.2) is 0 Å². The van der Waals surface area contributed by atoms with Gasteiger partial charge in [0.25, 0.3) is 0 Å². The zero-order valence-corrected chi connectivity index (χ0v) is 9.88. The van der Waals surface area contributed by atoms with E-state index in [0.29, 0.717) is 6.61 Å². The average molecular weight is 201 g/mol. The average Bonchev–Trinajstić information content (AvgIpc) is 2.22. The molecule has 3 heteroatoms. The number of rotatable bonds is 7. The zero-order valence-electron chi connectivity index (χ0n) is 9.88. The number of esters is 1. The number of likely N-dealkylation sites (N-methyl/N-ethyl adjacent to an activating group) is 1. The summed E-state index contributed by atoms with van der Waals surface area (Å²) >= 11 is 0. The maximum Gasteiger partial charge on any atom is 0.308 e. The first-order chi connectivity index (χ1) is 6.65. The van der Waals surface area contributed by atoms with Gasteiger partial charge in [-0.3, -0.25) is 4.79 Å². The second kappa shape index (κ2) is 7.80. The molecule has 1 atom stereocenters. The summed E-state index contributed by atoms with van der Waals surface area (Å²) in [7, 11) is 0. The standard InChI is InChI=1S/C11H23NO2/c1-5-10(4)11(13)14-9-8-12(6-2)7-3/h10H,5-9H2,1-4H3. The van der Waals surface area contributed by atoms with Crippen LogP contribution in [0.3, 0.4) is 0 Å². The molecule has 0 radical (unpaired) electrons. The molecular formula is C11H23NO2. The van der Waals surface area contributed by atoms with Crippen LogP contribution >= 0.6 is 0 Å². The minimum atomic E-state index is -0.0698. The highest BCUT2D eigenvalue weighted by molar-refractivity contribution is 5.71. The van der Waals surface area contributed by atoms with Gasteiger partial charge in [0.1, 0.15) is 6.61 Å². The molecule has 0 aliphatic heterocycles. The fourth-order valence-corrected chi connectivity index (χ4v) is 1.12. The molecule has 0 saturated heterocycles. The van der Waals surface area contributed by atoms with Crippen LogP contribution < -0.4 is 0 Å². The molecule has 14 heavy (non-hydrogen) atoms. The highest BCUT2D eigenvalue weighted by atomic mass is 16.5. The molecule has 0 heterocycles. The summed E-state index contributed by atoms with van der Waals surface area (Å²) in [5, 5.41) is 0. The number of hydrogen-bond donors (Lipinski definition) is 0. The summed E-state index contributed by atoms with van der Waals surface area (Å²) in [6, 6.07) is 0. The number of carbonyl (C=O) groups excluding carboxylic acids is 1. The molecule has 84 valence electrons. The smallest absolute Gasteiger partial charge is 0.308 e. The summed E-state index contributed by atoms with van der Waals surface area (Å²) in [6.07, 6.45) is 0.851. The molecule has 0 aromatic rings. The van der Waals surface area contributed by atoms with E-state index in [9.17, 15) is 4.79 Å². The van der Waals surface area contributed by atoms with Crippen LogP contribution in [0.25, 0.3) is 0 Å². The van der Waals surface area contributed by atoms with Crippen molar-refractivity contribution in [2.75, 3.05) is 26.2 Å². The van der Waals surface area contributed by atoms with E-state index < -0.39 is 0 Å². The maximum absolute atomic E-state index is 11.3. The summed E-state index contributed by atoms with van der Waals surface area (Å²) in [6.45, 7) is 11.5. The number of nitrogens with zero attached hydrogens (tertiary/aromatic N) is 1. The van der Waals surface area contributed by atoms with Crippen LogP contribution in [0, 0.1) is 5.92 Å². The number of ether oxygens (including phenoxy) is 1. The maximum atomic E-state index is 11.3. The lowest BCUT2D eigenvalue weighted by molar-refractivity contribution is -0.148. The third kappa shape index (κ3) is 5.22. The summed E-state index contributed by atoms with van der Waals surface area (Å²) in [5.41, 5.74) is 0. The monoisotopic (exact) mass is 201 g/mol. The Morgan fingerprint density at radius 2 is 1.86 bits per heavy atom. The Bertz CT molecular complexity index is 155. The Labute approximate surface area is 87.4 Å². The summed E-state index contributed by atoms with van der Waals surface area (Å²) in [5.74, 6) is -0.0358. The van der Waals surface area contributed by atoms with Crippen molar-refractivity contribution in [3.63, 3.8) is 0 Å². The van der Waals surface area contributed by atoms with E-state index in [1.165, 1.54) is 0 Å². The Kier molecular flexibility index (Phi) is 7.48. The van der Waals surface area contributed by atoms with E-state index in [4.69, 9.17) is 4.74 Å². The lowest BCUT2D eigenvalue weighted by Crippen LogP contribution is -2.28. The van der Waals surface area contributed by atoms with Crippen molar-refractivity contribution in [2.24, 2.45) is 5.92 Å². The molecule has 3 nitrogen and oxygen atoms in total. The first-order valence-electron chi connectivity index (χ1n) is 5.54. The van der Waals surface area contributed by atoms with Crippen LogP contribution in [0.15, 0.2) is 0 Å². The fourth-order valence-electron chi connectivity index (χ4n) is 1.12. The van der Waals surface area contributed by atoms with Gasteiger partial charge in [-0.1, -0.05) is 27.7 Å². The quantitative estimate of drug-likeness (QED) is 0.589. The van der Waals surface area contributed by atoms with Gasteiger partial charge in [-0.25, -0.2) is 0 Å². The van der Waals surface area contributed by atoms with Crippen LogP contribution in [0.5, 0.6) is 0 Å². The van der Waals surface area contributed by atoms with Crippen LogP contribution in [0.2, 0.25) is 0 Å². The van der Waals surface area contributed by atoms with Gasteiger partial charge in [0, 0.05) is 6.54 Å². The molecule has 0 amide bonds. The van der Waals surface area contributed by atoms with Gasteiger partial charge in [-0.15, -0.1) is 0 Å². The molecule has 0 saturated carbocycles. The van der Waals surface area contributed by atoms with Gasteiger partial charge in [0.05, 0.1) is 5.92 Å². The molecule has 0 bridgehead atoms. The first kappa shape index (κ1) is 13.4. The normalized spacial score (nSPS) is 12.9. The Morgan fingerprint density at radius 3 is 2.29 bits per heavy atom. The molecule has 0 aliphatic carbocycles. The minimum absolute atomic E-state index is 0.0340. The predicted molar refractivity (Wildman–Crippen MR) is 58.2 cm³/mol. The van der Waals surface area contributed by atoms with E-state index in [2.05, 4.69) is 18.7 Å². The molecule has 0 spiro atoms. The van der Waals surface area contributed by atoms with Crippen molar-refractivity contribution in [1.29, 1.82) is 0 Å². The van der Waals surface area contributed by atoms with E-state index in [0.717, 1.165) is 26.1 Å². The zero-order chi connectivity index (χ0) is 11.0. The van der Waals surface area contributed by atoms with Crippen molar-refractivity contribution in [2.45, 2.75) is 34.1 Å². The molecule has 0 N–H and O–H groups in total. The van der Waals surface area contributed by atoms with Gasteiger partial charge < -0.3 is 9.64 Å². The van der Waals surface area contributed by atoms with Gasteiger partial charge in [0.2, 0.25) is 0 Å². The lowest BCUT2D eigenvalue weighted by Gasteiger charge is -2.18. The second-order valence-electron chi connectivity index (χ2n) is 3.50. The Morgan fingerprint density at radius 1 is 1.29 bits per heavy atom. The molecule has 0 fully saturated rings. The Hall–Kier alpha value is -0.570. The fraction of sp³-hybridized carbons (Fsp3) is 0.909. The predicted octanol–water partition coefficient (Wildman–Crippen LogP) is 1.92. The van der Waals surface area contributed by atoms with Gasteiger partial charge in [-0.2, -0.15) is 0 Å². The summed E-state index contributed by atoms with van der Waals surface area (Å²) in [4.78, 5) is 13.5. The van der Waals surface area contributed by atoms with Crippen LogP contribution in [-0.2, 0) is 9.53 Å². The van der Waals surface area contributed by atoms with Gasteiger partial charge in [-0.05, 0) is 19.5 Å². The van der Waals surface area contributed by atoms with Crippen LogP contribution in [0.4, 0.5) is 0 Å². The molecule has 0 rings (SSSR count). The van der Waals surface area contributed by atoms with E-state index >= 15 is 0 Å². The molecule has 1 unspecified atom stereocenters. The molecule has 0 aliphatic rings. The van der Waals surface area contributed by atoms with E-state index in [-0.39, 0.29) is 11.9 Å². The lowest BCUT2D eigenvalue weighted by atomic mass is 10.1. The topological polar surface area (TPSA) is 29.5 Å². The number of hydrogen-bond acceptors (Lipinski definition) is 3. The van der Waals surface area contributed by atoms with E-state index in [1.807, 2.05) is 13.8 Å². The Balaban J connectivity index is 3.57. The third-order valence-electron chi connectivity index (χ3n) is 2.56.